The Kier molecular flexibility index (Phi) is 3.67. The molecule has 0 unspecified atom stereocenters. The zero-order valence-electron chi connectivity index (χ0n) is 10.5. The third-order valence-electron chi connectivity index (χ3n) is 2.56. The van der Waals surface area contributed by atoms with Gasteiger partial charge < -0.3 is 5.32 Å². The van der Waals surface area contributed by atoms with Gasteiger partial charge in [-0.2, -0.15) is 0 Å². The maximum Gasteiger partial charge on any atom is 0.254 e. The first-order chi connectivity index (χ1) is 8.65. The zero-order valence-corrected chi connectivity index (χ0v) is 10.5. The summed E-state index contributed by atoms with van der Waals surface area (Å²) in [5.74, 6) is -0.158. The van der Waals surface area contributed by atoms with Gasteiger partial charge in [0, 0.05) is 18.9 Å². The first-order valence-electron chi connectivity index (χ1n) is 5.75. The molecule has 0 aliphatic rings. The van der Waals surface area contributed by atoms with E-state index in [0.29, 0.717) is 12.1 Å². The summed E-state index contributed by atoms with van der Waals surface area (Å²) >= 11 is 0. The van der Waals surface area contributed by atoms with E-state index in [-0.39, 0.29) is 5.91 Å². The molecule has 0 saturated heterocycles. The maximum atomic E-state index is 11.8. The van der Waals surface area contributed by atoms with Gasteiger partial charge in [-0.15, -0.1) is 0 Å². The van der Waals surface area contributed by atoms with Crippen LogP contribution in [0.15, 0.2) is 36.9 Å². The smallest absolute Gasteiger partial charge is 0.254 e. The van der Waals surface area contributed by atoms with E-state index in [1.54, 1.807) is 0 Å². The van der Waals surface area contributed by atoms with Gasteiger partial charge in [-0.05, 0) is 19.4 Å². The second kappa shape index (κ2) is 5.40. The van der Waals surface area contributed by atoms with Crippen molar-refractivity contribution < 1.29 is 4.79 Å². The Bertz CT molecular complexity index is 532. The predicted molar refractivity (Wildman–Crippen MR) is 69.1 cm³/mol. The lowest BCUT2D eigenvalue weighted by molar-refractivity contribution is 0.0950. The van der Waals surface area contributed by atoms with E-state index < -0.39 is 0 Å². The monoisotopic (exact) mass is 241 g/mol. The highest BCUT2D eigenvalue weighted by atomic mass is 16.1. The highest BCUT2D eigenvalue weighted by Crippen LogP contribution is 2.08. The summed E-state index contributed by atoms with van der Waals surface area (Å²) in [5.41, 5.74) is 3.96. The second-order valence-corrected chi connectivity index (χ2v) is 4.31. The number of benzene rings is 1. The Balaban J connectivity index is 2.02. The standard InChI is InChI=1S/C14H15N3O/c1-10-3-11(2)5-12(4-10)6-17-14(18)13-7-15-9-16-8-13/h3-5,7-9H,6H2,1-2H3,(H,17,18). The number of hydrogen-bond donors (Lipinski definition) is 1. The molecule has 0 aliphatic heterocycles. The summed E-state index contributed by atoms with van der Waals surface area (Å²) in [6, 6.07) is 6.24. The summed E-state index contributed by atoms with van der Waals surface area (Å²) in [5, 5.41) is 2.85. The second-order valence-electron chi connectivity index (χ2n) is 4.31. The van der Waals surface area contributed by atoms with Gasteiger partial charge in [0.1, 0.15) is 6.33 Å². The van der Waals surface area contributed by atoms with Crippen molar-refractivity contribution in [3.63, 3.8) is 0 Å². The lowest BCUT2D eigenvalue weighted by atomic mass is 10.1. The number of hydrogen-bond acceptors (Lipinski definition) is 3. The third kappa shape index (κ3) is 3.13. The summed E-state index contributed by atoms with van der Waals surface area (Å²) in [4.78, 5) is 19.4. The quantitative estimate of drug-likeness (QED) is 0.894. The molecule has 0 aliphatic carbocycles. The average Bonchev–Trinajstić information content (AvgIpc) is 2.36. The van der Waals surface area contributed by atoms with E-state index in [9.17, 15) is 4.79 Å². The van der Waals surface area contributed by atoms with E-state index in [1.807, 2.05) is 13.8 Å². The Morgan fingerprint density at radius 2 is 1.72 bits per heavy atom. The minimum absolute atomic E-state index is 0.158. The molecular formula is C14H15N3O. The highest BCUT2D eigenvalue weighted by molar-refractivity contribution is 5.93. The lowest BCUT2D eigenvalue weighted by Gasteiger charge is -2.07. The molecule has 2 aromatic rings. The van der Waals surface area contributed by atoms with Crippen LogP contribution in [0, 0.1) is 13.8 Å². The minimum Gasteiger partial charge on any atom is -0.348 e. The number of nitrogens with one attached hydrogen (secondary N) is 1. The predicted octanol–water partition coefficient (Wildman–Crippen LogP) is 2.02. The van der Waals surface area contributed by atoms with Crippen molar-refractivity contribution in [3.8, 4) is 0 Å². The first-order valence-corrected chi connectivity index (χ1v) is 5.75. The molecule has 0 saturated carbocycles. The van der Waals surface area contributed by atoms with Gasteiger partial charge in [0.25, 0.3) is 5.91 Å². The van der Waals surface area contributed by atoms with Gasteiger partial charge in [0.15, 0.2) is 0 Å². The molecule has 4 heteroatoms. The number of aryl methyl sites for hydroxylation is 2. The molecular weight excluding hydrogens is 226 g/mol. The van der Waals surface area contributed by atoms with E-state index in [4.69, 9.17) is 0 Å². The first kappa shape index (κ1) is 12.2. The van der Waals surface area contributed by atoms with Crippen LogP contribution in [0.4, 0.5) is 0 Å². The van der Waals surface area contributed by atoms with Crippen LogP contribution in [0.3, 0.4) is 0 Å². The van der Waals surface area contributed by atoms with Crippen molar-refractivity contribution >= 4 is 5.91 Å². The van der Waals surface area contributed by atoms with E-state index in [1.165, 1.54) is 29.8 Å². The highest BCUT2D eigenvalue weighted by Gasteiger charge is 2.05. The summed E-state index contributed by atoms with van der Waals surface area (Å²) in [7, 11) is 0. The maximum absolute atomic E-state index is 11.8. The van der Waals surface area contributed by atoms with Crippen LogP contribution >= 0.6 is 0 Å². The molecule has 1 N–H and O–H groups in total. The molecule has 1 aromatic heterocycles. The number of nitrogens with zero attached hydrogens (tertiary/aromatic N) is 2. The fraction of sp³-hybridized carbons (Fsp3) is 0.214. The molecule has 1 amide bonds. The van der Waals surface area contributed by atoms with Crippen LogP contribution < -0.4 is 5.32 Å². The van der Waals surface area contributed by atoms with Gasteiger partial charge >= 0.3 is 0 Å². The van der Waals surface area contributed by atoms with Crippen molar-refractivity contribution in [1.82, 2.24) is 15.3 Å². The molecule has 92 valence electrons. The van der Waals surface area contributed by atoms with Crippen molar-refractivity contribution in [3.05, 3.63) is 59.2 Å². The normalized spacial score (nSPS) is 10.1. The number of amides is 1. The summed E-state index contributed by atoms with van der Waals surface area (Å²) < 4.78 is 0. The van der Waals surface area contributed by atoms with Gasteiger partial charge in [-0.1, -0.05) is 29.3 Å². The molecule has 2 rings (SSSR count). The van der Waals surface area contributed by atoms with Crippen molar-refractivity contribution in [2.45, 2.75) is 20.4 Å². The van der Waals surface area contributed by atoms with Gasteiger partial charge in [0.05, 0.1) is 5.56 Å². The molecule has 1 aromatic carbocycles. The summed E-state index contributed by atoms with van der Waals surface area (Å²) in [6.07, 6.45) is 4.41. The van der Waals surface area contributed by atoms with E-state index in [0.717, 1.165) is 5.56 Å². The molecule has 18 heavy (non-hydrogen) atoms. The van der Waals surface area contributed by atoms with Crippen molar-refractivity contribution in [2.24, 2.45) is 0 Å². The van der Waals surface area contributed by atoms with Crippen LogP contribution in [0.5, 0.6) is 0 Å². The molecule has 4 nitrogen and oxygen atoms in total. The number of aromatic nitrogens is 2. The Labute approximate surface area is 106 Å². The topological polar surface area (TPSA) is 54.9 Å². The Morgan fingerprint density at radius 1 is 1.11 bits per heavy atom. The number of carbonyl (C=O) groups is 1. The lowest BCUT2D eigenvalue weighted by Crippen LogP contribution is -2.23. The van der Waals surface area contributed by atoms with Gasteiger partial charge in [0.2, 0.25) is 0 Å². The minimum atomic E-state index is -0.158. The fourth-order valence-electron chi connectivity index (χ4n) is 1.87. The van der Waals surface area contributed by atoms with Crippen molar-refractivity contribution in [1.29, 1.82) is 0 Å². The van der Waals surface area contributed by atoms with E-state index in [2.05, 4.69) is 33.5 Å². The van der Waals surface area contributed by atoms with Crippen molar-refractivity contribution in [2.75, 3.05) is 0 Å². The zero-order chi connectivity index (χ0) is 13.0. The van der Waals surface area contributed by atoms with Crippen LogP contribution in [0.1, 0.15) is 27.0 Å². The SMILES string of the molecule is Cc1cc(C)cc(CNC(=O)c2cncnc2)c1. The molecule has 0 spiro atoms. The number of carbonyl (C=O) groups excluding carboxylic acids is 1. The molecule has 0 radical (unpaired) electrons. The van der Waals surface area contributed by atoms with Crippen LogP contribution in [-0.2, 0) is 6.54 Å². The third-order valence-corrected chi connectivity index (χ3v) is 2.56. The Morgan fingerprint density at radius 3 is 2.33 bits per heavy atom. The average molecular weight is 241 g/mol. The largest absolute Gasteiger partial charge is 0.348 e. The van der Waals surface area contributed by atoms with Crippen LogP contribution in [-0.4, -0.2) is 15.9 Å². The van der Waals surface area contributed by atoms with E-state index >= 15 is 0 Å². The fourth-order valence-corrected chi connectivity index (χ4v) is 1.87. The summed E-state index contributed by atoms with van der Waals surface area (Å²) in [6.45, 7) is 4.60. The molecule has 0 fully saturated rings. The molecule has 1 heterocycles. The van der Waals surface area contributed by atoms with Crippen LogP contribution in [0.2, 0.25) is 0 Å². The molecule has 0 bridgehead atoms. The van der Waals surface area contributed by atoms with Gasteiger partial charge in [-0.25, -0.2) is 9.97 Å². The Hall–Kier alpha value is -2.23. The molecule has 0 atom stereocenters. The number of rotatable bonds is 3. The van der Waals surface area contributed by atoms with Gasteiger partial charge in [-0.3, -0.25) is 4.79 Å². The van der Waals surface area contributed by atoms with Crippen LogP contribution in [0.25, 0.3) is 0 Å².